The van der Waals surface area contributed by atoms with Crippen LogP contribution in [0, 0.1) is 0 Å². The first kappa shape index (κ1) is 41.1. The minimum atomic E-state index is -4.00. The number of esters is 2. The number of methoxy groups -OCH3 is 3. The van der Waals surface area contributed by atoms with Crippen LogP contribution in [0.1, 0.15) is 36.7 Å². The smallest absolute Gasteiger partial charge is 0.409 e. The zero-order chi connectivity index (χ0) is 38.4. The molecule has 3 heterocycles. The molecule has 19 heteroatoms. The van der Waals surface area contributed by atoms with Crippen LogP contribution in [0.15, 0.2) is 36.4 Å². The average molecular weight is 761 g/mol. The topological polar surface area (TPSA) is 211 Å². The minimum absolute atomic E-state index is 0.0211. The van der Waals surface area contributed by atoms with Gasteiger partial charge in [0.2, 0.25) is 13.4 Å². The summed E-state index contributed by atoms with van der Waals surface area (Å²) in [4.78, 5) is 79.2. The van der Waals surface area contributed by atoms with Crippen LogP contribution < -0.4 is 20.4 Å². The Hall–Kier alpha value is -4.64. The molecule has 3 amide bonds. The van der Waals surface area contributed by atoms with E-state index in [0.717, 1.165) is 33.5 Å². The molecule has 0 spiro atoms. The molecule has 2 fully saturated rings. The van der Waals surface area contributed by atoms with Gasteiger partial charge in [0.1, 0.15) is 30.6 Å². The number of benzene rings is 1. The van der Waals surface area contributed by atoms with Crippen molar-refractivity contribution in [1.82, 2.24) is 35.3 Å². The highest BCUT2D eigenvalue weighted by Gasteiger charge is 2.37. The summed E-state index contributed by atoms with van der Waals surface area (Å²) in [5.74, 6) is -2.09. The first-order valence-corrected chi connectivity index (χ1v) is 19.3. The number of carbonyl (C=O) groups is 5. The molecule has 4 rings (SSSR count). The third-order valence-electron chi connectivity index (χ3n) is 8.81. The number of hydrogen-bond acceptors (Lipinski definition) is 13. The molecule has 0 radical (unpaired) electrons. The van der Waals surface area contributed by atoms with E-state index in [1.54, 1.807) is 7.11 Å². The molecule has 0 bridgehead atoms. The number of amides is 3. The molecule has 2 atom stereocenters. The first-order valence-electron chi connectivity index (χ1n) is 17.5. The molecule has 18 nitrogen and oxygen atoms in total. The van der Waals surface area contributed by atoms with E-state index in [0.29, 0.717) is 24.5 Å². The lowest BCUT2D eigenvalue weighted by atomic mass is 10.2. The Balaban J connectivity index is 1.64. The Kier molecular flexibility index (Phi) is 15.5. The third-order valence-corrected chi connectivity index (χ3v) is 11.0. The molecule has 2 aromatic rings. The van der Waals surface area contributed by atoms with Crippen molar-refractivity contribution in [3.63, 3.8) is 0 Å². The largest absolute Gasteiger partial charge is 0.468 e. The number of nitrogens with one attached hydrogen (secondary N) is 3. The van der Waals surface area contributed by atoms with E-state index in [4.69, 9.17) is 14.5 Å². The minimum Gasteiger partial charge on any atom is -0.468 e. The molecule has 3 N–H and O–H groups in total. The second-order valence-corrected chi connectivity index (χ2v) is 14.9. The van der Waals surface area contributed by atoms with Gasteiger partial charge >= 0.3 is 18.0 Å². The molecule has 0 saturated carbocycles. The number of nitrogens with zero attached hydrogens (tertiary/aromatic N) is 5. The molecule has 0 aliphatic carbocycles. The number of aromatic nitrogens is 2. The molecular formula is C34H49N8O10P. The molecule has 290 valence electrons. The van der Waals surface area contributed by atoms with Gasteiger partial charge < -0.3 is 39.0 Å². The fourth-order valence-electron chi connectivity index (χ4n) is 5.67. The van der Waals surface area contributed by atoms with Gasteiger partial charge in [0, 0.05) is 58.0 Å². The van der Waals surface area contributed by atoms with Crippen molar-refractivity contribution in [2.45, 2.75) is 38.3 Å². The van der Waals surface area contributed by atoms with Gasteiger partial charge in [-0.2, -0.15) is 0 Å². The summed E-state index contributed by atoms with van der Waals surface area (Å²) >= 11 is 0. The summed E-state index contributed by atoms with van der Waals surface area (Å²) in [5, 5.41) is 7.89. The summed E-state index contributed by atoms with van der Waals surface area (Å²) in [7, 11) is -0.0621. The van der Waals surface area contributed by atoms with Crippen molar-refractivity contribution < 1.29 is 47.5 Å². The zero-order valence-corrected chi connectivity index (χ0v) is 31.5. The van der Waals surface area contributed by atoms with Crippen LogP contribution in [0.3, 0.4) is 0 Å². The summed E-state index contributed by atoms with van der Waals surface area (Å²) in [5.41, 5.74) is 0.611. The Bertz CT molecular complexity index is 1600. The standard InChI is InChI=1S/C34H49N8O10P/c1-5-6-18-52-34(47)41-16-14-40(15-17-41)33(46)27(23-53(48,35-20-29(43)50-3)36-21-30(44)51-4)38-32(45)26-19-28(42-13-12-25(22-42)49-2)39-31(37-26)24-10-8-7-9-11-24/h7-11,19,25,27H,5-6,12-18,20-23H2,1-4H3,(H,38,45)(H2,35,36,48)/t25-,27-/m0/s1. The molecule has 2 saturated heterocycles. The Morgan fingerprint density at radius 3 is 2.13 bits per heavy atom. The number of ether oxygens (including phenoxy) is 4. The number of carbonyl (C=O) groups excluding carboxylic acids is 5. The van der Waals surface area contributed by atoms with Gasteiger partial charge in [-0.3, -0.25) is 23.7 Å². The SMILES string of the molecule is CCCCOC(=O)N1CCN(C(=O)[C@H](CP(=O)(NCC(=O)OC)NCC(=O)OC)NC(=O)c2cc(N3CC[C@H](OC)C3)nc(-c3ccccc3)n2)CC1. The van der Waals surface area contributed by atoms with E-state index in [-0.39, 0.29) is 50.4 Å². The summed E-state index contributed by atoms with van der Waals surface area (Å²) < 4.78 is 34.5. The van der Waals surface area contributed by atoms with Crippen molar-refractivity contribution in [2.24, 2.45) is 0 Å². The van der Waals surface area contributed by atoms with Crippen LogP contribution in [0.4, 0.5) is 10.6 Å². The van der Waals surface area contributed by atoms with Crippen LogP contribution in [0.25, 0.3) is 11.4 Å². The number of rotatable bonds is 17. The first-order chi connectivity index (χ1) is 25.5. The lowest BCUT2D eigenvalue weighted by Crippen LogP contribution is -2.57. The van der Waals surface area contributed by atoms with E-state index < -0.39 is 62.6 Å². The van der Waals surface area contributed by atoms with Crippen LogP contribution in [0.5, 0.6) is 0 Å². The highest BCUT2D eigenvalue weighted by atomic mass is 31.2. The Labute approximate surface area is 308 Å². The lowest BCUT2D eigenvalue weighted by Gasteiger charge is -2.36. The van der Waals surface area contributed by atoms with E-state index in [9.17, 15) is 28.5 Å². The van der Waals surface area contributed by atoms with Gasteiger partial charge in [-0.15, -0.1) is 0 Å². The fraction of sp³-hybridized carbons (Fsp3) is 0.559. The highest BCUT2D eigenvalue weighted by Crippen LogP contribution is 2.37. The van der Waals surface area contributed by atoms with Crippen molar-refractivity contribution in [2.75, 3.05) is 91.4 Å². The maximum atomic E-state index is 14.3. The normalized spacial score (nSPS) is 16.5. The Morgan fingerprint density at radius 1 is 0.906 bits per heavy atom. The summed E-state index contributed by atoms with van der Waals surface area (Å²) in [6, 6.07) is 9.18. The van der Waals surface area contributed by atoms with Gasteiger partial charge in [-0.05, 0) is 12.8 Å². The lowest BCUT2D eigenvalue weighted by molar-refractivity contribution is -0.139. The second kappa shape index (κ2) is 20.0. The quantitative estimate of drug-likeness (QED) is 0.0897. The predicted molar refractivity (Wildman–Crippen MR) is 193 cm³/mol. The molecule has 1 aromatic heterocycles. The van der Waals surface area contributed by atoms with Crippen molar-refractivity contribution >= 4 is 43.1 Å². The van der Waals surface area contributed by atoms with Crippen LogP contribution in [0.2, 0.25) is 0 Å². The molecule has 0 unspecified atom stereocenters. The maximum absolute atomic E-state index is 14.3. The molecule has 2 aliphatic heterocycles. The number of hydrogen-bond donors (Lipinski definition) is 3. The predicted octanol–water partition coefficient (Wildman–Crippen LogP) is 1.27. The molecule has 1 aromatic carbocycles. The molecule has 53 heavy (non-hydrogen) atoms. The number of anilines is 1. The maximum Gasteiger partial charge on any atom is 0.409 e. The number of unbranched alkanes of at least 4 members (excludes halogenated alkanes) is 1. The van der Waals surface area contributed by atoms with Crippen molar-refractivity contribution in [3.05, 3.63) is 42.1 Å². The summed E-state index contributed by atoms with van der Waals surface area (Å²) in [6.45, 7) is 2.95. The van der Waals surface area contributed by atoms with Crippen molar-refractivity contribution in [1.29, 1.82) is 0 Å². The Morgan fingerprint density at radius 2 is 1.55 bits per heavy atom. The highest BCUT2D eigenvalue weighted by molar-refractivity contribution is 7.60. The monoisotopic (exact) mass is 760 g/mol. The van der Waals surface area contributed by atoms with E-state index >= 15 is 0 Å². The fourth-order valence-corrected chi connectivity index (χ4v) is 7.57. The van der Waals surface area contributed by atoms with Crippen LogP contribution in [-0.4, -0.2) is 148 Å². The average Bonchev–Trinajstić information content (AvgIpc) is 3.68. The van der Waals surface area contributed by atoms with E-state index in [1.807, 2.05) is 42.2 Å². The number of piperazine rings is 1. The van der Waals surface area contributed by atoms with Crippen LogP contribution in [-0.2, 0) is 37.9 Å². The zero-order valence-electron chi connectivity index (χ0n) is 30.6. The summed E-state index contributed by atoms with van der Waals surface area (Å²) in [6.07, 6.45) is 1.29. The van der Waals surface area contributed by atoms with Gasteiger partial charge in [0.25, 0.3) is 5.91 Å². The molecule has 2 aliphatic rings. The van der Waals surface area contributed by atoms with E-state index in [1.165, 1.54) is 15.9 Å². The van der Waals surface area contributed by atoms with Crippen LogP contribution >= 0.6 is 7.44 Å². The molecular weight excluding hydrogens is 711 g/mol. The third kappa shape index (κ3) is 11.9. The van der Waals surface area contributed by atoms with Gasteiger partial charge in [0.05, 0.1) is 33.1 Å². The van der Waals surface area contributed by atoms with E-state index in [2.05, 4.69) is 29.9 Å². The van der Waals surface area contributed by atoms with Gasteiger partial charge in [-0.1, -0.05) is 43.7 Å². The second-order valence-electron chi connectivity index (χ2n) is 12.4. The van der Waals surface area contributed by atoms with Crippen molar-refractivity contribution in [3.8, 4) is 11.4 Å². The van der Waals surface area contributed by atoms with Gasteiger partial charge in [0.15, 0.2) is 5.82 Å². The van der Waals surface area contributed by atoms with Gasteiger partial charge in [-0.25, -0.2) is 24.9 Å².